The van der Waals surface area contributed by atoms with Crippen LogP contribution in [0.4, 0.5) is 11.5 Å². The highest BCUT2D eigenvalue weighted by Gasteiger charge is 2.21. The Kier molecular flexibility index (Phi) is 5.27. The van der Waals surface area contributed by atoms with Crippen molar-refractivity contribution in [3.05, 3.63) is 17.8 Å². The van der Waals surface area contributed by atoms with E-state index in [0.29, 0.717) is 12.0 Å². The molecule has 0 aromatic carbocycles. The summed E-state index contributed by atoms with van der Waals surface area (Å²) in [5.41, 5.74) is 2.23. The third kappa shape index (κ3) is 4.12. The fourth-order valence-electron chi connectivity index (χ4n) is 2.72. The van der Waals surface area contributed by atoms with E-state index >= 15 is 0 Å². The number of carbonyl (C=O) groups is 1. The Morgan fingerprint density at radius 1 is 1.32 bits per heavy atom. The number of nitrogens with one attached hydrogen (secondary N) is 1. The van der Waals surface area contributed by atoms with Crippen LogP contribution in [0.1, 0.15) is 45.2 Å². The van der Waals surface area contributed by atoms with Crippen LogP contribution in [0, 0.1) is 0 Å². The molecule has 0 bridgehead atoms. The van der Waals surface area contributed by atoms with Crippen LogP contribution in [0.5, 0.6) is 0 Å². The Labute approximate surface area is 133 Å². The predicted molar refractivity (Wildman–Crippen MR) is 91.6 cm³/mol. The number of amides is 1. The average Bonchev–Trinajstić information content (AvgIpc) is 2.47. The molecule has 1 fully saturated rings. The summed E-state index contributed by atoms with van der Waals surface area (Å²) in [6, 6.07) is 4.67. The normalized spacial score (nSPS) is 16.0. The van der Waals surface area contributed by atoms with Gasteiger partial charge in [0.05, 0.1) is 0 Å². The van der Waals surface area contributed by atoms with Crippen LogP contribution in [0.25, 0.3) is 0 Å². The van der Waals surface area contributed by atoms with Crippen molar-refractivity contribution in [3.8, 4) is 0 Å². The van der Waals surface area contributed by atoms with Crippen LogP contribution in [-0.2, 0) is 4.79 Å². The van der Waals surface area contributed by atoms with Gasteiger partial charge in [0.2, 0.25) is 5.91 Å². The summed E-state index contributed by atoms with van der Waals surface area (Å²) in [5.74, 6) is 1.56. The van der Waals surface area contributed by atoms with Gasteiger partial charge < -0.3 is 15.1 Å². The first-order chi connectivity index (χ1) is 10.4. The number of anilines is 2. The highest BCUT2D eigenvalue weighted by Crippen LogP contribution is 2.24. The summed E-state index contributed by atoms with van der Waals surface area (Å²) in [6.45, 7) is 7.66. The molecule has 0 unspecified atom stereocenters. The molecule has 1 aromatic heterocycles. The van der Waals surface area contributed by atoms with Crippen LogP contribution in [0.15, 0.2) is 12.1 Å². The average molecular weight is 304 g/mol. The summed E-state index contributed by atoms with van der Waals surface area (Å²) in [5, 5.41) is 3.63. The lowest BCUT2D eigenvalue weighted by Crippen LogP contribution is -2.41. The molecule has 22 heavy (non-hydrogen) atoms. The molecule has 1 saturated heterocycles. The molecule has 1 N–H and O–H groups in total. The van der Waals surface area contributed by atoms with Crippen LogP contribution in [-0.4, -0.2) is 49.0 Å². The third-order valence-corrected chi connectivity index (χ3v) is 4.19. The summed E-state index contributed by atoms with van der Waals surface area (Å²) in [4.78, 5) is 20.1. The van der Waals surface area contributed by atoms with Crippen molar-refractivity contribution in [1.82, 2.24) is 9.88 Å². The Morgan fingerprint density at radius 3 is 2.45 bits per heavy atom. The van der Waals surface area contributed by atoms with Gasteiger partial charge in [-0.15, -0.1) is 0 Å². The Morgan fingerprint density at radius 2 is 1.95 bits per heavy atom. The second kappa shape index (κ2) is 6.99. The van der Waals surface area contributed by atoms with E-state index < -0.39 is 0 Å². The minimum Gasteiger partial charge on any atom is -0.382 e. The molecule has 122 valence electrons. The van der Waals surface area contributed by atoms with Crippen LogP contribution < -0.4 is 10.2 Å². The van der Waals surface area contributed by atoms with Gasteiger partial charge >= 0.3 is 0 Å². The second-order valence-corrected chi connectivity index (χ2v) is 6.61. The zero-order chi connectivity index (χ0) is 16.3. The van der Waals surface area contributed by atoms with Gasteiger partial charge in [0.15, 0.2) is 0 Å². The molecule has 1 aliphatic rings. The molecule has 0 spiro atoms. The number of rotatable bonds is 4. The summed E-state index contributed by atoms with van der Waals surface area (Å²) in [6.07, 6.45) is 1.99. The number of pyridine rings is 1. The maximum atomic E-state index is 11.4. The smallest absolute Gasteiger partial charge is 0.219 e. The van der Waals surface area contributed by atoms with Gasteiger partial charge in [-0.25, -0.2) is 4.98 Å². The summed E-state index contributed by atoms with van der Waals surface area (Å²) < 4.78 is 0. The number of hydrogen-bond acceptors (Lipinski definition) is 4. The van der Waals surface area contributed by atoms with E-state index in [4.69, 9.17) is 4.98 Å². The molecule has 0 aliphatic carbocycles. The fraction of sp³-hybridized carbons (Fsp3) is 0.647. The maximum Gasteiger partial charge on any atom is 0.219 e. The number of likely N-dealkylation sites (tertiary alicyclic amines) is 1. The zero-order valence-corrected chi connectivity index (χ0v) is 14.4. The van der Waals surface area contributed by atoms with Crippen LogP contribution >= 0.6 is 0 Å². The summed E-state index contributed by atoms with van der Waals surface area (Å²) in [7, 11) is 4.03. The van der Waals surface area contributed by atoms with Gasteiger partial charge in [0.25, 0.3) is 0 Å². The lowest BCUT2D eigenvalue weighted by atomic mass is 10.0. The molecule has 0 atom stereocenters. The highest BCUT2D eigenvalue weighted by molar-refractivity contribution is 5.73. The predicted octanol–water partition coefficient (Wildman–Crippen LogP) is 2.69. The number of nitrogens with zero attached hydrogens (tertiary/aromatic N) is 3. The molecule has 5 nitrogen and oxygen atoms in total. The maximum absolute atomic E-state index is 11.4. The van der Waals surface area contributed by atoms with Crippen LogP contribution in [0.3, 0.4) is 0 Å². The Balaban J connectivity index is 2.08. The molecule has 1 aromatic rings. The first-order valence-electron chi connectivity index (χ1n) is 8.08. The largest absolute Gasteiger partial charge is 0.382 e. The van der Waals surface area contributed by atoms with Gasteiger partial charge in [-0.1, -0.05) is 13.8 Å². The molecular weight excluding hydrogens is 276 g/mol. The van der Waals surface area contributed by atoms with Crippen molar-refractivity contribution in [3.63, 3.8) is 0 Å². The number of aromatic nitrogens is 1. The SMILES string of the molecule is CC(=O)N1CCC(Nc2cc(C(C)C)nc(N(C)C)c2)CC1. The zero-order valence-electron chi connectivity index (χ0n) is 14.4. The van der Waals surface area contributed by atoms with Crippen molar-refractivity contribution >= 4 is 17.4 Å². The van der Waals surface area contributed by atoms with Gasteiger partial charge in [0, 0.05) is 57.6 Å². The highest BCUT2D eigenvalue weighted by atomic mass is 16.2. The Hall–Kier alpha value is -1.78. The van der Waals surface area contributed by atoms with Gasteiger partial charge in [-0.05, 0) is 24.8 Å². The van der Waals surface area contributed by atoms with Crippen molar-refractivity contribution in [1.29, 1.82) is 0 Å². The molecule has 5 heteroatoms. The van der Waals surface area contributed by atoms with E-state index in [0.717, 1.165) is 43.1 Å². The quantitative estimate of drug-likeness (QED) is 0.929. The standard InChI is InChI=1S/C17H28N4O/c1-12(2)16-10-15(11-17(19-16)20(4)5)18-14-6-8-21(9-7-14)13(3)22/h10-12,14H,6-9H2,1-5H3,(H,18,19). The van der Waals surface area contributed by atoms with Crippen molar-refractivity contribution in [2.24, 2.45) is 0 Å². The van der Waals surface area contributed by atoms with E-state index in [1.54, 1.807) is 6.92 Å². The van der Waals surface area contributed by atoms with Crippen molar-refractivity contribution < 1.29 is 4.79 Å². The van der Waals surface area contributed by atoms with E-state index in [1.165, 1.54) is 0 Å². The minimum atomic E-state index is 0.180. The van der Waals surface area contributed by atoms with E-state index in [9.17, 15) is 4.79 Å². The van der Waals surface area contributed by atoms with Gasteiger partial charge in [-0.3, -0.25) is 4.79 Å². The molecule has 0 radical (unpaired) electrons. The third-order valence-electron chi connectivity index (χ3n) is 4.19. The molecule has 2 rings (SSSR count). The monoisotopic (exact) mass is 304 g/mol. The number of hydrogen-bond donors (Lipinski definition) is 1. The number of carbonyl (C=O) groups excluding carboxylic acids is 1. The molecular formula is C17H28N4O. The fourth-order valence-corrected chi connectivity index (χ4v) is 2.72. The lowest BCUT2D eigenvalue weighted by Gasteiger charge is -2.32. The number of piperidine rings is 1. The van der Waals surface area contributed by atoms with Gasteiger partial charge in [0.1, 0.15) is 5.82 Å². The van der Waals surface area contributed by atoms with E-state index in [1.807, 2.05) is 23.9 Å². The first-order valence-corrected chi connectivity index (χ1v) is 8.08. The van der Waals surface area contributed by atoms with Crippen LogP contribution in [0.2, 0.25) is 0 Å². The minimum absolute atomic E-state index is 0.180. The lowest BCUT2D eigenvalue weighted by molar-refractivity contribution is -0.129. The molecule has 1 aliphatic heterocycles. The summed E-state index contributed by atoms with van der Waals surface area (Å²) >= 11 is 0. The molecule has 2 heterocycles. The molecule has 0 saturated carbocycles. The Bertz CT molecular complexity index is 493. The topological polar surface area (TPSA) is 48.5 Å². The van der Waals surface area contributed by atoms with Crippen molar-refractivity contribution in [2.45, 2.75) is 45.6 Å². The second-order valence-electron chi connectivity index (χ2n) is 6.61. The first kappa shape index (κ1) is 16.6. The van der Waals surface area contributed by atoms with Crippen molar-refractivity contribution in [2.75, 3.05) is 37.4 Å². The van der Waals surface area contributed by atoms with Gasteiger partial charge in [-0.2, -0.15) is 0 Å². The molecule has 1 amide bonds. The van der Waals surface area contributed by atoms with E-state index in [2.05, 4.69) is 31.3 Å². The van der Waals surface area contributed by atoms with E-state index in [-0.39, 0.29) is 5.91 Å².